The second-order valence-electron chi connectivity index (χ2n) is 8.24. The summed E-state index contributed by atoms with van der Waals surface area (Å²) in [5.74, 6) is -1.78. The molecule has 0 spiro atoms. The summed E-state index contributed by atoms with van der Waals surface area (Å²) >= 11 is 0. The average molecular weight is 494 g/mol. The molecule has 4 heterocycles. The molecule has 0 saturated heterocycles. The Hall–Kier alpha value is -3.92. The van der Waals surface area contributed by atoms with Crippen molar-refractivity contribution in [1.82, 2.24) is 24.4 Å². The molecular formula is C25H21F2N5O2S. The Morgan fingerprint density at radius 2 is 1.71 bits per heavy atom. The summed E-state index contributed by atoms with van der Waals surface area (Å²) < 4.78 is 56.2. The maximum Gasteiger partial charge on any atom is 0.155 e. The highest BCUT2D eigenvalue weighted by molar-refractivity contribution is 7.90. The molecule has 0 bridgehead atoms. The first kappa shape index (κ1) is 22.9. The highest BCUT2D eigenvalue weighted by Crippen LogP contribution is 2.31. The summed E-state index contributed by atoms with van der Waals surface area (Å²) in [7, 11) is -1.56. The molecule has 0 fully saturated rings. The zero-order chi connectivity index (χ0) is 24.7. The zero-order valence-electron chi connectivity index (χ0n) is 19.0. The number of aromatic nitrogens is 5. The van der Waals surface area contributed by atoms with Crippen molar-refractivity contribution in [3.63, 3.8) is 0 Å². The van der Waals surface area contributed by atoms with Crippen molar-refractivity contribution in [3.05, 3.63) is 84.6 Å². The molecule has 5 rings (SSSR count). The van der Waals surface area contributed by atoms with Crippen molar-refractivity contribution in [2.45, 2.75) is 12.7 Å². The number of halogens is 2. The number of rotatable bonds is 6. The van der Waals surface area contributed by atoms with E-state index in [0.717, 1.165) is 28.8 Å². The fourth-order valence-corrected chi connectivity index (χ4v) is 4.73. The average Bonchev–Trinajstić information content (AvgIpc) is 3.44. The third kappa shape index (κ3) is 4.57. The highest BCUT2D eigenvalue weighted by atomic mass is 32.2. The van der Waals surface area contributed by atoms with Crippen molar-refractivity contribution < 1.29 is 17.2 Å². The normalized spacial score (nSPS) is 11.9. The maximum absolute atomic E-state index is 14.6. The molecule has 0 saturated carbocycles. The number of hydrogen-bond donors (Lipinski definition) is 0. The van der Waals surface area contributed by atoms with E-state index in [1.807, 2.05) is 31.6 Å². The van der Waals surface area contributed by atoms with Crippen LogP contribution in [0.3, 0.4) is 0 Å². The molecule has 1 aromatic carbocycles. The molecule has 0 radical (unpaired) electrons. The van der Waals surface area contributed by atoms with E-state index >= 15 is 0 Å². The number of fused-ring (bicyclic) bond motifs is 1. The molecule has 0 N–H and O–H groups in total. The van der Waals surface area contributed by atoms with Gasteiger partial charge in [0.25, 0.3) is 0 Å². The van der Waals surface area contributed by atoms with Crippen LogP contribution in [0.2, 0.25) is 0 Å². The fraction of sp³-hybridized carbons (Fsp3) is 0.160. The molecular weight excluding hydrogens is 472 g/mol. The van der Waals surface area contributed by atoms with Gasteiger partial charge in [-0.2, -0.15) is 10.2 Å². The van der Waals surface area contributed by atoms with Crippen LogP contribution in [0.15, 0.2) is 67.3 Å². The van der Waals surface area contributed by atoms with E-state index in [1.54, 1.807) is 34.6 Å². The molecule has 0 aliphatic heterocycles. The van der Waals surface area contributed by atoms with E-state index < -0.39 is 21.5 Å². The third-order valence-electron chi connectivity index (χ3n) is 5.76. The second kappa shape index (κ2) is 8.70. The molecule has 0 unspecified atom stereocenters. The van der Waals surface area contributed by atoms with Gasteiger partial charge in [0.15, 0.2) is 9.84 Å². The summed E-state index contributed by atoms with van der Waals surface area (Å²) in [5, 5.41) is 8.64. The Morgan fingerprint density at radius 1 is 0.886 bits per heavy atom. The minimum absolute atomic E-state index is 0.0486. The predicted molar refractivity (Wildman–Crippen MR) is 129 cm³/mol. The molecule has 4 aromatic heterocycles. The van der Waals surface area contributed by atoms with Crippen LogP contribution in [0.5, 0.6) is 0 Å². The van der Waals surface area contributed by atoms with Crippen molar-refractivity contribution in [1.29, 1.82) is 0 Å². The van der Waals surface area contributed by atoms with E-state index in [-0.39, 0.29) is 22.8 Å². The van der Waals surface area contributed by atoms with E-state index in [2.05, 4.69) is 15.2 Å². The Bertz CT molecular complexity index is 1670. The quantitative estimate of drug-likeness (QED) is 0.343. The molecule has 0 amide bonds. The van der Waals surface area contributed by atoms with Gasteiger partial charge in [0.1, 0.15) is 11.6 Å². The summed E-state index contributed by atoms with van der Waals surface area (Å²) in [6.45, 7) is 1.56. The molecule has 0 atom stereocenters. The van der Waals surface area contributed by atoms with E-state index in [4.69, 9.17) is 0 Å². The van der Waals surface area contributed by atoms with E-state index in [9.17, 15) is 17.2 Å². The van der Waals surface area contributed by atoms with Gasteiger partial charge >= 0.3 is 0 Å². The molecule has 178 valence electrons. The Labute approximate surface area is 200 Å². The number of hydrogen-bond acceptors (Lipinski definition) is 5. The number of benzene rings is 1. The highest BCUT2D eigenvalue weighted by Gasteiger charge is 2.17. The first-order valence-electron chi connectivity index (χ1n) is 10.9. The van der Waals surface area contributed by atoms with Crippen molar-refractivity contribution in [2.75, 3.05) is 5.75 Å². The van der Waals surface area contributed by atoms with Gasteiger partial charge in [-0.15, -0.1) is 0 Å². The lowest BCUT2D eigenvalue weighted by Crippen LogP contribution is -2.08. The van der Waals surface area contributed by atoms with Gasteiger partial charge < -0.3 is 0 Å². The van der Waals surface area contributed by atoms with Crippen LogP contribution >= 0.6 is 0 Å². The second-order valence-corrected chi connectivity index (χ2v) is 10.6. The largest absolute Gasteiger partial charge is 0.275 e. The molecule has 35 heavy (non-hydrogen) atoms. The van der Waals surface area contributed by atoms with Gasteiger partial charge in [-0.1, -0.05) is 13.0 Å². The Morgan fingerprint density at radius 3 is 2.43 bits per heavy atom. The van der Waals surface area contributed by atoms with Crippen LogP contribution in [0.25, 0.3) is 39.0 Å². The fourth-order valence-electron chi connectivity index (χ4n) is 3.93. The summed E-state index contributed by atoms with van der Waals surface area (Å²) in [6, 6.07) is 10.3. The molecule has 7 nitrogen and oxygen atoms in total. The summed E-state index contributed by atoms with van der Waals surface area (Å²) in [4.78, 5) is 4.57. The predicted octanol–water partition coefficient (Wildman–Crippen LogP) is 4.68. The van der Waals surface area contributed by atoms with Crippen molar-refractivity contribution >= 4 is 15.4 Å². The van der Waals surface area contributed by atoms with Crippen molar-refractivity contribution in [2.24, 2.45) is 7.05 Å². The standard InChI is InChI=1S/C25H21F2N5O2S/c1-3-35(33,34)15-20-8-17(21-6-5-19(26)10-23(21)27)9-24(30-20)22-12-29-32-14-16(4-7-25(22)32)18-11-28-31(2)13-18/h4-14H,3,15H2,1-2H3. The van der Waals surface area contributed by atoms with Gasteiger partial charge in [-0.25, -0.2) is 21.7 Å². The summed E-state index contributed by atoms with van der Waals surface area (Å²) in [5.41, 5.74) is 4.52. The van der Waals surface area contributed by atoms with Crippen LogP contribution < -0.4 is 0 Å². The minimum Gasteiger partial charge on any atom is -0.275 e. The summed E-state index contributed by atoms with van der Waals surface area (Å²) in [6.07, 6.45) is 7.15. The maximum atomic E-state index is 14.6. The van der Waals surface area contributed by atoms with Gasteiger partial charge in [0.05, 0.1) is 35.1 Å². The number of aryl methyl sites for hydroxylation is 1. The van der Waals surface area contributed by atoms with Crippen molar-refractivity contribution in [3.8, 4) is 33.5 Å². The number of nitrogens with zero attached hydrogens (tertiary/aromatic N) is 5. The lowest BCUT2D eigenvalue weighted by atomic mass is 10.0. The minimum atomic E-state index is -3.40. The van der Waals surface area contributed by atoms with Gasteiger partial charge in [-0.05, 0) is 35.9 Å². The monoisotopic (exact) mass is 493 g/mol. The molecule has 5 aromatic rings. The van der Waals surface area contributed by atoms with Gasteiger partial charge in [0, 0.05) is 53.5 Å². The molecule has 0 aliphatic rings. The first-order valence-corrected chi connectivity index (χ1v) is 12.7. The topological polar surface area (TPSA) is 82.1 Å². The lowest BCUT2D eigenvalue weighted by molar-refractivity contribution is 0.585. The van der Waals surface area contributed by atoms with Crippen LogP contribution in [0.1, 0.15) is 12.6 Å². The third-order valence-corrected chi connectivity index (χ3v) is 7.37. The van der Waals surface area contributed by atoms with Crippen LogP contribution in [-0.2, 0) is 22.6 Å². The number of pyridine rings is 2. The van der Waals surface area contributed by atoms with Gasteiger partial charge in [0.2, 0.25) is 0 Å². The SMILES string of the molecule is CCS(=O)(=O)Cc1cc(-c2ccc(F)cc2F)cc(-c2cnn3cc(-c4cnn(C)c4)ccc23)n1. The molecule has 10 heteroatoms. The van der Waals surface area contributed by atoms with Gasteiger partial charge in [-0.3, -0.25) is 9.67 Å². The molecule has 0 aliphatic carbocycles. The van der Waals surface area contributed by atoms with Crippen LogP contribution in [0, 0.1) is 11.6 Å². The van der Waals surface area contributed by atoms with E-state index in [1.165, 1.54) is 12.1 Å². The van der Waals surface area contributed by atoms with Crippen LogP contribution in [0.4, 0.5) is 8.78 Å². The lowest BCUT2D eigenvalue weighted by Gasteiger charge is -2.10. The smallest absolute Gasteiger partial charge is 0.155 e. The van der Waals surface area contributed by atoms with E-state index in [0.29, 0.717) is 16.8 Å². The Balaban J connectivity index is 1.65. The first-order chi connectivity index (χ1) is 16.7. The van der Waals surface area contributed by atoms with Crippen LogP contribution in [-0.4, -0.2) is 38.5 Å². The number of sulfone groups is 1. The Kier molecular flexibility index (Phi) is 5.68. The zero-order valence-corrected chi connectivity index (χ0v) is 19.8.